The summed E-state index contributed by atoms with van der Waals surface area (Å²) in [5.74, 6) is -0.327. The third-order valence-electron chi connectivity index (χ3n) is 5.35. The van der Waals surface area contributed by atoms with E-state index in [1.54, 1.807) is 40.1 Å². The van der Waals surface area contributed by atoms with Gasteiger partial charge in [-0.05, 0) is 44.0 Å². The molecule has 1 aliphatic heterocycles. The standard InChI is InChI=1S/C23H27N3O3/c1-4-24-23(29)26-13-11-25(12-14-26)22(28)20-8-6-5-7-19(20)21(27)18-10-9-16(2)17(3)15-18/h5-10,15H,4,11-14H2,1-3H3,(H,24,29). The van der Waals surface area contributed by atoms with Crippen molar-refractivity contribution in [3.05, 3.63) is 70.3 Å². The Morgan fingerprint density at radius 3 is 2.10 bits per heavy atom. The maximum Gasteiger partial charge on any atom is 0.317 e. The van der Waals surface area contributed by atoms with E-state index in [-0.39, 0.29) is 17.7 Å². The van der Waals surface area contributed by atoms with Crippen LogP contribution in [0, 0.1) is 13.8 Å². The molecular weight excluding hydrogens is 366 g/mol. The summed E-state index contributed by atoms with van der Waals surface area (Å²) >= 11 is 0. The number of urea groups is 1. The van der Waals surface area contributed by atoms with Crippen molar-refractivity contribution in [1.82, 2.24) is 15.1 Å². The van der Waals surface area contributed by atoms with E-state index < -0.39 is 0 Å². The van der Waals surface area contributed by atoms with Crippen LogP contribution in [-0.2, 0) is 0 Å². The number of piperazine rings is 1. The van der Waals surface area contributed by atoms with Gasteiger partial charge in [-0.1, -0.05) is 30.3 Å². The van der Waals surface area contributed by atoms with Crippen molar-refractivity contribution in [3.8, 4) is 0 Å². The predicted molar refractivity (Wildman–Crippen MR) is 112 cm³/mol. The van der Waals surface area contributed by atoms with E-state index in [4.69, 9.17) is 0 Å². The normalized spacial score (nSPS) is 13.9. The molecule has 1 N–H and O–H groups in total. The van der Waals surface area contributed by atoms with Gasteiger partial charge in [0.15, 0.2) is 5.78 Å². The van der Waals surface area contributed by atoms with Gasteiger partial charge < -0.3 is 15.1 Å². The Kier molecular flexibility index (Phi) is 6.32. The van der Waals surface area contributed by atoms with Gasteiger partial charge in [-0.25, -0.2) is 4.79 Å². The van der Waals surface area contributed by atoms with Gasteiger partial charge in [0.25, 0.3) is 5.91 Å². The number of carbonyl (C=O) groups is 3. The van der Waals surface area contributed by atoms with Crippen LogP contribution in [0.4, 0.5) is 4.79 Å². The number of benzene rings is 2. The Bertz CT molecular complexity index is 931. The minimum atomic E-state index is -0.173. The molecule has 0 unspecified atom stereocenters. The average Bonchev–Trinajstić information content (AvgIpc) is 2.75. The van der Waals surface area contributed by atoms with Crippen molar-refractivity contribution in [1.29, 1.82) is 0 Å². The van der Waals surface area contributed by atoms with Gasteiger partial charge in [-0.2, -0.15) is 0 Å². The summed E-state index contributed by atoms with van der Waals surface area (Å²) in [6.45, 7) is 8.27. The van der Waals surface area contributed by atoms with E-state index >= 15 is 0 Å². The number of rotatable bonds is 4. The summed E-state index contributed by atoms with van der Waals surface area (Å²) in [6, 6.07) is 12.4. The van der Waals surface area contributed by atoms with Crippen LogP contribution < -0.4 is 5.32 Å². The number of carbonyl (C=O) groups excluding carboxylic acids is 3. The minimum Gasteiger partial charge on any atom is -0.338 e. The zero-order valence-corrected chi connectivity index (χ0v) is 17.2. The van der Waals surface area contributed by atoms with Crippen LogP contribution in [0.5, 0.6) is 0 Å². The van der Waals surface area contributed by atoms with Gasteiger partial charge in [0.1, 0.15) is 0 Å². The number of aryl methyl sites for hydroxylation is 2. The molecule has 152 valence electrons. The third kappa shape index (κ3) is 4.47. The highest BCUT2D eigenvalue weighted by Crippen LogP contribution is 2.19. The van der Waals surface area contributed by atoms with Gasteiger partial charge in [0.05, 0.1) is 5.56 Å². The van der Waals surface area contributed by atoms with E-state index in [0.717, 1.165) is 11.1 Å². The smallest absolute Gasteiger partial charge is 0.317 e. The molecule has 3 amide bonds. The monoisotopic (exact) mass is 393 g/mol. The SMILES string of the molecule is CCNC(=O)N1CCN(C(=O)c2ccccc2C(=O)c2ccc(C)c(C)c2)CC1. The molecule has 2 aromatic rings. The van der Waals surface area contributed by atoms with Crippen LogP contribution in [0.3, 0.4) is 0 Å². The molecule has 6 heteroatoms. The van der Waals surface area contributed by atoms with Gasteiger partial charge in [0, 0.05) is 43.9 Å². The van der Waals surface area contributed by atoms with Crippen molar-refractivity contribution in [2.75, 3.05) is 32.7 Å². The highest BCUT2D eigenvalue weighted by Gasteiger charge is 2.27. The Morgan fingerprint density at radius 2 is 1.48 bits per heavy atom. The maximum absolute atomic E-state index is 13.1. The topological polar surface area (TPSA) is 69.7 Å². The number of hydrogen-bond donors (Lipinski definition) is 1. The molecule has 0 radical (unpaired) electrons. The molecule has 2 aromatic carbocycles. The summed E-state index contributed by atoms with van der Waals surface area (Å²) < 4.78 is 0. The number of nitrogens with zero attached hydrogens (tertiary/aromatic N) is 2. The zero-order valence-electron chi connectivity index (χ0n) is 17.2. The molecule has 1 fully saturated rings. The first-order valence-corrected chi connectivity index (χ1v) is 9.95. The summed E-state index contributed by atoms with van der Waals surface area (Å²) in [6.07, 6.45) is 0. The molecule has 0 saturated carbocycles. The molecule has 0 spiro atoms. The summed E-state index contributed by atoms with van der Waals surface area (Å²) in [5.41, 5.74) is 3.56. The molecule has 1 saturated heterocycles. The van der Waals surface area contributed by atoms with Crippen LogP contribution in [0.25, 0.3) is 0 Å². The van der Waals surface area contributed by atoms with Crippen LogP contribution in [-0.4, -0.2) is 60.2 Å². The fourth-order valence-electron chi connectivity index (χ4n) is 3.45. The average molecular weight is 393 g/mol. The van der Waals surface area contributed by atoms with Crippen LogP contribution in [0.1, 0.15) is 44.3 Å². The van der Waals surface area contributed by atoms with Crippen molar-refractivity contribution < 1.29 is 14.4 Å². The molecule has 1 aliphatic rings. The van der Waals surface area contributed by atoms with Gasteiger partial charge in [0.2, 0.25) is 0 Å². The Morgan fingerprint density at radius 1 is 0.862 bits per heavy atom. The molecule has 0 bridgehead atoms. The summed E-state index contributed by atoms with van der Waals surface area (Å²) in [5, 5.41) is 2.78. The maximum atomic E-state index is 13.1. The number of hydrogen-bond acceptors (Lipinski definition) is 3. The number of nitrogens with one attached hydrogen (secondary N) is 1. The Hall–Kier alpha value is -3.15. The Balaban J connectivity index is 1.78. The van der Waals surface area contributed by atoms with Crippen molar-refractivity contribution in [2.45, 2.75) is 20.8 Å². The summed E-state index contributed by atoms with van der Waals surface area (Å²) in [4.78, 5) is 41.6. The fourth-order valence-corrected chi connectivity index (χ4v) is 3.45. The lowest BCUT2D eigenvalue weighted by atomic mass is 9.95. The number of ketones is 1. The van der Waals surface area contributed by atoms with E-state index in [9.17, 15) is 14.4 Å². The third-order valence-corrected chi connectivity index (χ3v) is 5.35. The van der Waals surface area contributed by atoms with E-state index in [1.807, 2.05) is 32.9 Å². The first-order valence-electron chi connectivity index (χ1n) is 9.95. The minimum absolute atomic E-state index is 0.107. The fraction of sp³-hybridized carbons (Fsp3) is 0.348. The Labute approximate surface area is 171 Å². The van der Waals surface area contributed by atoms with Crippen LogP contribution >= 0.6 is 0 Å². The van der Waals surface area contributed by atoms with E-state index in [1.165, 1.54) is 0 Å². The molecule has 1 heterocycles. The van der Waals surface area contributed by atoms with Crippen molar-refractivity contribution in [2.24, 2.45) is 0 Å². The molecular formula is C23H27N3O3. The second-order valence-corrected chi connectivity index (χ2v) is 7.29. The first-order chi connectivity index (χ1) is 13.9. The molecule has 29 heavy (non-hydrogen) atoms. The van der Waals surface area contributed by atoms with E-state index in [0.29, 0.717) is 49.4 Å². The second-order valence-electron chi connectivity index (χ2n) is 7.29. The first kappa shape index (κ1) is 20.6. The van der Waals surface area contributed by atoms with Gasteiger partial charge >= 0.3 is 6.03 Å². The second kappa shape index (κ2) is 8.90. The molecule has 6 nitrogen and oxygen atoms in total. The lowest BCUT2D eigenvalue weighted by molar-refractivity contribution is 0.0662. The lowest BCUT2D eigenvalue weighted by Crippen LogP contribution is -2.53. The molecule has 0 aromatic heterocycles. The lowest BCUT2D eigenvalue weighted by Gasteiger charge is -2.35. The predicted octanol–water partition coefficient (Wildman–Crippen LogP) is 3.02. The molecule has 3 rings (SSSR count). The molecule has 0 aliphatic carbocycles. The number of amides is 3. The van der Waals surface area contributed by atoms with E-state index in [2.05, 4.69) is 5.32 Å². The summed E-state index contributed by atoms with van der Waals surface area (Å²) in [7, 11) is 0. The molecule has 0 atom stereocenters. The van der Waals surface area contributed by atoms with Gasteiger partial charge in [-0.3, -0.25) is 9.59 Å². The highest BCUT2D eigenvalue weighted by molar-refractivity contribution is 6.15. The highest BCUT2D eigenvalue weighted by atomic mass is 16.2. The van der Waals surface area contributed by atoms with Crippen molar-refractivity contribution in [3.63, 3.8) is 0 Å². The van der Waals surface area contributed by atoms with Crippen LogP contribution in [0.2, 0.25) is 0 Å². The van der Waals surface area contributed by atoms with Gasteiger partial charge in [-0.15, -0.1) is 0 Å². The van der Waals surface area contributed by atoms with Crippen LogP contribution in [0.15, 0.2) is 42.5 Å². The zero-order chi connectivity index (χ0) is 21.0. The quantitative estimate of drug-likeness (QED) is 0.812. The largest absolute Gasteiger partial charge is 0.338 e. The van der Waals surface area contributed by atoms with Crippen molar-refractivity contribution >= 4 is 17.7 Å².